The summed E-state index contributed by atoms with van der Waals surface area (Å²) in [6.45, 7) is 0.504. The fourth-order valence-corrected chi connectivity index (χ4v) is 1.21. The number of anilines is 3. The van der Waals surface area contributed by atoms with Crippen molar-refractivity contribution in [3.8, 4) is 0 Å². The van der Waals surface area contributed by atoms with Crippen molar-refractivity contribution in [1.82, 2.24) is 9.97 Å². The molecule has 1 atom stereocenters. The summed E-state index contributed by atoms with van der Waals surface area (Å²) < 4.78 is 0. The van der Waals surface area contributed by atoms with Crippen LogP contribution in [0.1, 0.15) is 12.8 Å². The minimum atomic E-state index is -1.01. The lowest BCUT2D eigenvalue weighted by Crippen LogP contribution is -2.30. The number of carboxylic acids is 1. The number of aliphatic carboxylic acids is 1. The Bertz CT molecular complexity index is 377. The molecule has 1 unspecified atom stereocenters. The molecule has 8 N–H and O–H groups in total. The molecule has 0 aliphatic heterocycles. The topological polar surface area (TPSA) is 153 Å². The molecule has 17 heavy (non-hydrogen) atoms. The van der Waals surface area contributed by atoms with Gasteiger partial charge in [0.05, 0.1) is 0 Å². The number of aromatic nitrogens is 2. The fourth-order valence-electron chi connectivity index (χ4n) is 1.21. The van der Waals surface area contributed by atoms with E-state index in [0.717, 1.165) is 0 Å². The maximum absolute atomic E-state index is 10.4. The number of nitrogens with zero attached hydrogens (tertiary/aromatic N) is 2. The summed E-state index contributed by atoms with van der Waals surface area (Å²) in [5, 5.41) is 11.5. The van der Waals surface area contributed by atoms with Crippen LogP contribution in [0.15, 0.2) is 6.07 Å². The van der Waals surface area contributed by atoms with E-state index in [1.165, 1.54) is 6.07 Å². The van der Waals surface area contributed by atoms with Crippen molar-refractivity contribution in [3.05, 3.63) is 6.07 Å². The van der Waals surface area contributed by atoms with Crippen molar-refractivity contribution in [1.29, 1.82) is 0 Å². The normalized spacial score (nSPS) is 12.1. The van der Waals surface area contributed by atoms with Gasteiger partial charge >= 0.3 is 5.97 Å². The number of hydrogen-bond donors (Lipinski definition) is 5. The fraction of sp³-hybridized carbons (Fsp3) is 0.444. The zero-order chi connectivity index (χ0) is 12.8. The Morgan fingerprint density at radius 3 is 2.53 bits per heavy atom. The zero-order valence-corrected chi connectivity index (χ0v) is 9.26. The molecule has 1 rings (SSSR count). The Kier molecular flexibility index (Phi) is 4.46. The maximum Gasteiger partial charge on any atom is 0.320 e. The summed E-state index contributed by atoms with van der Waals surface area (Å²) in [7, 11) is 0. The molecule has 0 saturated carbocycles. The first-order valence-electron chi connectivity index (χ1n) is 5.11. The third-order valence-corrected chi connectivity index (χ3v) is 2.06. The van der Waals surface area contributed by atoms with Gasteiger partial charge in [-0.25, -0.2) is 0 Å². The summed E-state index contributed by atoms with van der Waals surface area (Å²) in [4.78, 5) is 18.3. The van der Waals surface area contributed by atoms with Crippen LogP contribution in [0.5, 0.6) is 0 Å². The molecule has 0 bridgehead atoms. The molecule has 0 spiro atoms. The van der Waals surface area contributed by atoms with Crippen molar-refractivity contribution in [2.45, 2.75) is 18.9 Å². The second-order valence-corrected chi connectivity index (χ2v) is 3.56. The van der Waals surface area contributed by atoms with E-state index < -0.39 is 12.0 Å². The summed E-state index contributed by atoms with van der Waals surface area (Å²) in [5.74, 6) is -0.120. The van der Waals surface area contributed by atoms with Gasteiger partial charge in [0.15, 0.2) is 0 Å². The van der Waals surface area contributed by atoms with E-state index in [4.69, 9.17) is 22.3 Å². The first-order valence-corrected chi connectivity index (χ1v) is 5.11. The molecule has 0 aliphatic carbocycles. The highest BCUT2D eigenvalue weighted by atomic mass is 16.4. The molecule has 1 aromatic rings. The summed E-state index contributed by atoms with van der Waals surface area (Å²) in [6.07, 6.45) is 0.964. The number of rotatable bonds is 6. The number of nitrogens with one attached hydrogen (secondary N) is 1. The zero-order valence-electron chi connectivity index (χ0n) is 9.26. The van der Waals surface area contributed by atoms with E-state index in [2.05, 4.69) is 15.3 Å². The first-order chi connectivity index (χ1) is 7.99. The average Bonchev–Trinajstić information content (AvgIpc) is 2.22. The quantitative estimate of drug-likeness (QED) is 0.407. The lowest BCUT2D eigenvalue weighted by atomic mass is 10.2. The van der Waals surface area contributed by atoms with Crippen LogP contribution in [-0.2, 0) is 4.79 Å². The highest BCUT2D eigenvalue weighted by molar-refractivity contribution is 5.72. The van der Waals surface area contributed by atoms with Crippen LogP contribution < -0.4 is 22.5 Å². The smallest absolute Gasteiger partial charge is 0.320 e. The Labute approximate surface area is 98.2 Å². The van der Waals surface area contributed by atoms with Crippen LogP contribution in [0, 0.1) is 0 Å². The monoisotopic (exact) mass is 240 g/mol. The van der Waals surface area contributed by atoms with Crippen LogP contribution in [0.4, 0.5) is 17.6 Å². The molecule has 0 aliphatic rings. The van der Waals surface area contributed by atoms with Crippen molar-refractivity contribution in [2.75, 3.05) is 23.3 Å². The number of nitrogens with two attached hydrogens (primary N) is 3. The van der Waals surface area contributed by atoms with E-state index in [9.17, 15) is 4.79 Å². The Hall–Kier alpha value is -2.09. The molecule has 0 saturated heterocycles. The van der Waals surface area contributed by atoms with Gasteiger partial charge in [0.1, 0.15) is 17.7 Å². The lowest BCUT2D eigenvalue weighted by molar-refractivity contribution is -0.138. The SMILES string of the molecule is Nc1cc(N)nc(NCCCC(N)C(=O)O)n1. The van der Waals surface area contributed by atoms with Crippen LogP contribution in [0.2, 0.25) is 0 Å². The first kappa shape index (κ1) is 13.0. The van der Waals surface area contributed by atoms with Crippen LogP contribution in [0.3, 0.4) is 0 Å². The predicted molar refractivity (Wildman–Crippen MR) is 64.2 cm³/mol. The van der Waals surface area contributed by atoms with Crippen molar-refractivity contribution < 1.29 is 9.90 Å². The molecular weight excluding hydrogens is 224 g/mol. The highest BCUT2D eigenvalue weighted by Crippen LogP contribution is 2.08. The number of hydrogen-bond acceptors (Lipinski definition) is 7. The predicted octanol–water partition coefficient (Wildman–Crippen LogP) is -0.755. The third-order valence-electron chi connectivity index (χ3n) is 2.06. The molecule has 0 aromatic carbocycles. The van der Waals surface area contributed by atoms with Crippen LogP contribution in [-0.4, -0.2) is 33.6 Å². The van der Waals surface area contributed by atoms with Crippen LogP contribution >= 0.6 is 0 Å². The van der Waals surface area contributed by atoms with Gasteiger partial charge in [-0.2, -0.15) is 9.97 Å². The summed E-state index contributed by atoms with van der Waals surface area (Å²) in [6, 6.07) is 0.606. The third kappa shape index (κ3) is 4.51. The van der Waals surface area contributed by atoms with Crippen LogP contribution in [0.25, 0.3) is 0 Å². The maximum atomic E-state index is 10.4. The van der Waals surface area contributed by atoms with E-state index in [-0.39, 0.29) is 11.6 Å². The Morgan fingerprint density at radius 1 is 1.41 bits per heavy atom. The molecule has 0 radical (unpaired) electrons. The highest BCUT2D eigenvalue weighted by Gasteiger charge is 2.10. The molecule has 1 heterocycles. The number of carbonyl (C=O) groups is 1. The molecule has 8 heteroatoms. The van der Waals surface area contributed by atoms with E-state index in [1.807, 2.05) is 0 Å². The minimum Gasteiger partial charge on any atom is -0.480 e. The van der Waals surface area contributed by atoms with Gasteiger partial charge in [-0.1, -0.05) is 0 Å². The molecule has 94 valence electrons. The van der Waals surface area contributed by atoms with Gasteiger partial charge in [-0.3, -0.25) is 4.79 Å². The second-order valence-electron chi connectivity index (χ2n) is 3.56. The Morgan fingerprint density at radius 2 is 2.00 bits per heavy atom. The minimum absolute atomic E-state index is 0.280. The van der Waals surface area contributed by atoms with E-state index in [0.29, 0.717) is 25.3 Å². The van der Waals surface area contributed by atoms with Crippen molar-refractivity contribution in [2.24, 2.45) is 5.73 Å². The summed E-state index contributed by atoms with van der Waals surface area (Å²) >= 11 is 0. The van der Waals surface area contributed by atoms with Gasteiger partial charge in [0, 0.05) is 12.6 Å². The van der Waals surface area contributed by atoms with Gasteiger partial charge in [-0.05, 0) is 12.8 Å². The van der Waals surface area contributed by atoms with Gasteiger partial charge in [0.25, 0.3) is 0 Å². The number of carboxylic acid groups (broad SMARTS) is 1. The van der Waals surface area contributed by atoms with E-state index >= 15 is 0 Å². The standard InChI is InChI=1S/C9H16N6O2/c10-5(8(16)17)2-1-3-13-9-14-6(11)4-7(12)15-9/h4-5H,1-3,10H2,(H,16,17)(H5,11,12,13,14,15). The second kappa shape index (κ2) is 5.85. The van der Waals surface area contributed by atoms with Crippen molar-refractivity contribution >= 4 is 23.6 Å². The molecule has 0 fully saturated rings. The van der Waals surface area contributed by atoms with E-state index in [1.54, 1.807) is 0 Å². The molecule has 8 nitrogen and oxygen atoms in total. The number of nitrogen functional groups attached to an aromatic ring is 2. The Balaban J connectivity index is 2.33. The summed E-state index contributed by atoms with van der Waals surface area (Å²) in [5.41, 5.74) is 16.3. The van der Waals surface area contributed by atoms with Crippen molar-refractivity contribution in [3.63, 3.8) is 0 Å². The van der Waals surface area contributed by atoms with Gasteiger partial charge in [-0.15, -0.1) is 0 Å². The van der Waals surface area contributed by atoms with Gasteiger partial charge < -0.3 is 27.6 Å². The molecular formula is C9H16N6O2. The molecule has 1 aromatic heterocycles. The lowest BCUT2D eigenvalue weighted by Gasteiger charge is -2.08. The molecule has 0 amide bonds. The average molecular weight is 240 g/mol. The largest absolute Gasteiger partial charge is 0.480 e. The van der Waals surface area contributed by atoms with Gasteiger partial charge in [0.2, 0.25) is 5.95 Å².